The minimum absolute atomic E-state index is 0.165. The molecule has 2 aliphatic rings. The fourth-order valence-electron chi connectivity index (χ4n) is 2.99. The van der Waals surface area contributed by atoms with Crippen molar-refractivity contribution >= 4 is 11.7 Å². The van der Waals surface area contributed by atoms with Gasteiger partial charge < -0.3 is 4.90 Å². The summed E-state index contributed by atoms with van der Waals surface area (Å²) in [6.45, 7) is 2.87. The molecule has 0 aliphatic carbocycles. The van der Waals surface area contributed by atoms with Crippen LogP contribution in [0.15, 0.2) is 30.3 Å². The first kappa shape index (κ1) is 12.4. The maximum absolute atomic E-state index is 12.1. The van der Waals surface area contributed by atoms with Crippen LogP contribution in [0.25, 0.3) is 0 Å². The molecule has 3 rings (SSSR count). The van der Waals surface area contributed by atoms with Gasteiger partial charge in [-0.05, 0) is 6.42 Å². The minimum Gasteiger partial charge on any atom is -0.337 e. The van der Waals surface area contributed by atoms with Crippen molar-refractivity contribution in [3.63, 3.8) is 0 Å². The van der Waals surface area contributed by atoms with E-state index in [1.54, 1.807) is 0 Å². The number of amides is 1. The van der Waals surface area contributed by atoms with Crippen molar-refractivity contribution in [2.45, 2.75) is 18.9 Å². The summed E-state index contributed by atoms with van der Waals surface area (Å²) >= 11 is 0. The van der Waals surface area contributed by atoms with Gasteiger partial charge in [-0.3, -0.25) is 14.5 Å². The van der Waals surface area contributed by atoms with Gasteiger partial charge in [0.1, 0.15) is 0 Å². The highest BCUT2D eigenvalue weighted by atomic mass is 16.2. The molecule has 2 saturated heterocycles. The fraction of sp³-hybridized carbons (Fsp3) is 0.467. The van der Waals surface area contributed by atoms with Crippen LogP contribution in [0.1, 0.15) is 23.2 Å². The van der Waals surface area contributed by atoms with Crippen molar-refractivity contribution in [2.75, 3.05) is 26.2 Å². The molecule has 1 amide bonds. The lowest BCUT2D eigenvalue weighted by Crippen LogP contribution is -2.52. The Hall–Kier alpha value is -1.68. The van der Waals surface area contributed by atoms with Crippen LogP contribution < -0.4 is 0 Å². The number of nitrogens with zero attached hydrogens (tertiary/aromatic N) is 2. The molecule has 1 unspecified atom stereocenters. The lowest BCUT2D eigenvalue weighted by atomic mass is 10.1. The average Bonchev–Trinajstić information content (AvgIpc) is 2.81. The molecule has 4 nitrogen and oxygen atoms in total. The van der Waals surface area contributed by atoms with Gasteiger partial charge in [0, 0.05) is 37.7 Å². The first-order valence-corrected chi connectivity index (χ1v) is 6.84. The van der Waals surface area contributed by atoms with Crippen LogP contribution in [0.5, 0.6) is 0 Å². The molecule has 0 spiro atoms. The number of hydrogen-bond acceptors (Lipinski definition) is 3. The van der Waals surface area contributed by atoms with Crippen molar-refractivity contribution in [3.8, 4) is 0 Å². The van der Waals surface area contributed by atoms with E-state index in [2.05, 4.69) is 4.90 Å². The summed E-state index contributed by atoms with van der Waals surface area (Å²) in [6, 6.07) is 9.74. The Morgan fingerprint density at radius 3 is 2.79 bits per heavy atom. The topological polar surface area (TPSA) is 40.6 Å². The third kappa shape index (κ3) is 2.54. The first-order valence-electron chi connectivity index (χ1n) is 6.84. The Labute approximate surface area is 113 Å². The number of piperazine rings is 1. The smallest absolute Gasteiger partial charge is 0.222 e. The van der Waals surface area contributed by atoms with E-state index in [1.807, 2.05) is 35.2 Å². The summed E-state index contributed by atoms with van der Waals surface area (Å²) < 4.78 is 0. The lowest BCUT2D eigenvalue weighted by Gasteiger charge is -2.37. The maximum atomic E-state index is 12.1. The lowest BCUT2D eigenvalue weighted by molar-refractivity contribution is -0.130. The van der Waals surface area contributed by atoms with Gasteiger partial charge in [-0.2, -0.15) is 0 Å². The summed E-state index contributed by atoms with van der Waals surface area (Å²) in [5.74, 6) is 0.442. The Balaban J connectivity index is 1.60. The van der Waals surface area contributed by atoms with Gasteiger partial charge in [0.25, 0.3) is 0 Å². The number of carbonyl (C=O) groups excluding carboxylic acids is 2. The zero-order valence-electron chi connectivity index (χ0n) is 10.9. The molecule has 0 radical (unpaired) electrons. The van der Waals surface area contributed by atoms with Gasteiger partial charge in [0.05, 0.1) is 6.54 Å². The molecule has 4 heteroatoms. The normalized spacial score (nSPS) is 23.5. The van der Waals surface area contributed by atoms with E-state index < -0.39 is 0 Å². The van der Waals surface area contributed by atoms with Crippen LogP contribution in [-0.2, 0) is 4.79 Å². The molecule has 0 N–H and O–H groups in total. The second-order valence-electron chi connectivity index (χ2n) is 5.30. The summed E-state index contributed by atoms with van der Waals surface area (Å²) in [4.78, 5) is 27.9. The second-order valence-corrected chi connectivity index (χ2v) is 5.30. The number of Topliss-reactive ketones (excluding diaryl/α,β-unsaturated/α-hetero) is 1. The van der Waals surface area contributed by atoms with Gasteiger partial charge in [-0.1, -0.05) is 30.3 Å². The van der Waals surface area contributed by atoms with Crippen molar-refractivity contribution in [1.29, 1.82) is 0 Å². The maximum Gasteiger partial charge on any atom is 0.222 e. The molecule has 1 atom stereocenters. The second kappa shape index (κ2) is 5.13. The third-order valence-electron chi connectivity index (χ3n) is 4.04. The molecular weight excluding hydrogens is 240 g/mol. The molecule has 0 saturated carbocycles. The third-order valence-corrected chi connectivity index (χ3v) is 4.04. The number of hydrogen-bond donors (Lipinski definition) is 0. The van der Waals surface area contributed by atoms with Crippen molar-refractivity contribution in [2.24, 2.45) is 0 Å². The summed E-state index contributed by atoms with van der Waals surface area (Å²) in [5, 5.41) is 0. The monoisotopic (exact) mass is 258 g/mol. The quantitative estimate of drug-likeness (QED) is 0.764. The molecule has 2 fully saturated rings. The summed E-state index contributed by atoms with van der Waals surface area (Å²) in [5.41, 5.74) is 0.771. The number of ketones is 1. The molecule has 0 bridgehead atoms. The van der Waals surface area contributed by atoms with Crippen LogP contribution in [0.2, 0.25) is 0 Å². The molecule has 1 aromatic carbocycles. The van der Waals surface area contributed by atoms with Gasteiger partial charge in [0.2, 0.25) is 5.91 Å². The molecular formula is C15H18N2O2. The van der Waals surface area contributed by atoms with Crippen LogP contribution in [0, 0.1) is 0 Å². The van der Waals surface area contributed by atoms with Crippen LogP contribution >= 0.6 is 0 Å². The zero-order valence-corrected chi connectivity index (χ0v) is 10.9. The number of carbonyl (C=O) groups is 2. The van der Waals surface area contributed by atoms with Crippen LogP contribution in [0.4, 0.5) is 0 Å². The fourth-order valence-corrected chi connectivity index (χ4v) is 2.99. The van der Waals surface area contributed by atoms with E-state index in [-0.39, 0.29) is 11.7 Å². The number of fused-ring (bicyclic) bond motifs is 1. The van der Waals surface area contributed by atoms with Crippen molar-refractivity contribution < 1.29 is 9.59 Å². The molecule has 2 aliphatic heterocycles. The number of rotatable bonds is 3. The van der Waals surface area contributed by atoms with Gasteiger partial charge in [-0.25, -0.2) is 0 Å². The van der Waals surface area contributed by atoms with E-state index >= 15 is 0 Å². The van der Waals surface area contributed by atoms with Crippen molar-refractivity contribution in [1.82, 2.24) is 9.80 Å². The van der Waals surface area contributed by atoms with E-state index in [4.69, 9.17) is 0 Å². The molecule has 0 aromatic heterocycles. The van der Waals surface area contributed by atoms with E-state index in [1.165, 1.54) is 0 Å². The van der Waals surface area contributed by atoms with Gasteiger partial charge >= 0.3 is 0 Å². The van der Waals surface area contributed by atoms with E-state index in [9.17, 15) is 9.59 Å². The molecule has 100 valence electrons. The highest BCUT2D eigenvalue weighted by Gasteiger charge is 2.35. The zero-order chi connectivity index (χ0) is 13.2. The van der Waals surface area contributed by atoms with Gasteiger partial charge in [0.15, 0.2) is 5.78 Å². The molecule has 2 heterocycles. The standard InChI is InChI=1S/C15H18N2O2/c18-14(12-4-2-1-3-5-12)11-16-8-9-17-13(10-16)6-7-15(17)19/h1-5,13H,6-11H2. The largest absolute Gasteiger partial charge is 0.337 e. The van der Waals surface area contributed by atoms with E-state index in [0.29, 0.717) is 19.0 Å². The summed E-state index contributed by atoms with van der Waals surface area (Å²) in [7, 11) is 0. The Morgan fingerprint density at radius 1 is 1.21 bits per heavy atom. The molecule has 19 heavy (non-hydrogen) atoms. The van der Waals surface area contributed by atoms with Crippen molar-refractivity contribution in [3.05, 3.63) is 35.9 Å². The summed E-state index contributed by atoms with van der Waals surface area (Å²) in [6.07, 6.45) is 1.61. The predicted molar refractivity (Wildman–Crippen MR) is 71.9 cm³/mol. The Morgan fingerprint density at radius 2 is 2.00 bits per heavy atom. The van der Waals surface area contributed by atoms with Gasteiger partial charge in [-0.15, -0.1) is 0 Å². The highest BCUT2D eigenvalue weighted by Crippen LogP contribution is 2.22. The Kier molecular flexibility index (Phi) is 3.34. The van der Waals surface area contributed by atoms with Crippen LogP contribution in [0.3, 0.4) is 0 Å². The highest BCUT2D eigenvalue weighted by molar-refractivity contribution is 5.97. The predicted octanol–water partition coefficient (Wildman–Crippen LogP) is 1.18. The molecule has 1 aromatic rings. The minimum atomic E-state index is 0.165. The Bertz CT molecular complexity index is 486. The SMILES string of the molecule is O=C(CN1CCN2C(=O)CCC2C1)c1ccccc1. The van der Waals surface area contributed by atoms with Crippen LogP contribution in [-0.4, -0.2) is 53.7 Å². The first-order chi connectivity index (χ1) is 9.24. The van der Waals surface area contributed by atoms with E-state index in [0.717, 1.165) is 31.6 Å². The number of benzene rings is 1. The average molecular weight is 258 g/mol.